The summed E-state index contributed by atoms with van der Waals surface area (Å²) in [6, 6.07) is 8.94. The Morgan fingerprint density at radius 3 is 2.33 bits per heavy atom. The topological polar surface area (TPSA) is 21.3 Å². The fourth-order valence-corrected chi connectivity index (χ4v) is 1.93. The summed E-state index contributed by atoms with van der Waals surface area (Å²) in [5.74, 6) is 0.727. The van der Waals surface area contributed by atoms with Crippen molar-refractivity contribution in [3.8, 4) is 0 Å². The number of hydrogen-bond acceptors (Lipinski definition) is 2. The summed E-state index contributed by atoms with van der Waals surface area (Å²) in [4.78, 5) is 0. The predicted molar refractivity (Wildman–Crippen MR) is 78.1 cm³/mol. The van der Waals surface area contributed by atoms with Gasteiger partial charge in [0.1, 0.15) is 0 Å². The summed E-state index contributed by atoms with van der Waals surface area (Å²) in [5, 5.41) is 3.25. The molecule has 2 heteroatoms. The summed E-state index contributed by atoms with van der Waals surface area (Å²) >= 11 is 0. The van der Waals surface area contributed by atoms with Gasteiger partial charge in [0.15, 0.2) is 0 Å². The molecule has 0 aromatic heterocycles. The van der Waals surface area contributed by atoms with Crippen LogP contribution >= 0.6 is 0 Å². The summed E-state index contributed by atoms with van der Waals surface area (Å²) in [5.41, 5.74) is 2.80. The van der Waals surface area contributed by atoms with E-state index >= 15 is 0 Å². The van der Waals surface area contributed by atoms with Gasteiger partial charge in [-0.1, -0.05) is 45.0 Å². The molecule has 0 amide bonds. The largest absolute Gasteiger partial charge is 0.380 e. The van der Waals surface area contributed by atoms with E-state index in [2.05, 4.69) is 50.4 Å². The lowest BCUT2D eigenvalue weighted by Gasteiger charge is -2.07. The van der Waals surface area contributed by atoms with Crippen molar-refractivity contribution in [1.82, 2.24) is 5.32 Å². The van der Waals surface area contributed by atoms with Gasteiger partial charge < -0.3 is 10.1 Å². The minimum atomic E-state index is 0.727. The number of benzene rings is 1. The Kier molecular flexibility index (Phi) is 7.70. The first-order valence-electron chi connectivity index (χ1n) is 7.08. The molecule has 0 heterocycles. The second-order valence-corrected chi connectivity index (χ2v) is 5.13. The average Bonchev–Trinajstić information content (AvgIpc) is 2.35. The molecule has 1 aromatic rings. The lowest BCUT2D eigenvalue weighted by molar-refractivity contribution is 0.139. The van der Waals surface area contributed by atoms with Crippen molar-refractivity contribution < 1.29 is 4.74 Å². The molecule has 0 atom stereocenters. The molecule has 0 aliphatic heterocycles. The molecule has 0 spiro atoms. The van der Waals surface area contributed by atoms with E-state index in [1.165, 1.54) is 17.5 Å². The maximum Gasteiger partial charge on any atom is 0.0591 e. The fraction of sp³-hybridized carbons (Fsp3) is 0.625. The van der Waals surface area contributed by atoms with Crippen molar-refractivity contribution in [2.24, 2.45) is 5.92 Å². The summed E-state index contributed by atoms with van der Waals surface area (Å²) in [7, 11) is 0. The molecule has 0 aliphatic rings. The molecule has 0 saturated heterocycles. The van der Waals surface area contributed by atoms with E-state index in [-0.39, 0.29) is 0 Å². The van der Waals surface area contributed by atoms with E-state index in [4.69, 9.17) is 4.74 Å². The van der Waals surface area contributed by atoms with Gasteiger partial charge in [0.2, 0.25) is 0 Å². The van der Waals surface area contributed by atoms with Gasteiger partial charge in [0, 0.05) is 6.54 Å². The van der Waals surface area contributed by atoms with Crippen LogP contribution in [0.4, 0.5) is 0 Å². The van der Waals surface area contributed by atoms with Gasteiger partial charge in [-0.15, -0.1) is 0 Å². The smallest absolute Gasteiger partial charge is 0.0591 e. The van der Waals surface area contributed by atoms with E-state index in [9.17, 15) is 0 Å². The summed E-state index contributed by atoms with van der Waals surface area (Å²) in [6.07, 6.45) is 2.17. The van der Waals surface area contributed by atoms with Gasteiger partial charge in [0.25, 0.3) is 0 Å². The molecule has 1 aromatic carbocycles. The third-order valence-corrected chi connectivity index (χ3v) is 2.88. The lowest BCUT2D eigenvalue weighted by atomic mass is 10.0. The fourth-order valence-electron chi connectivity index (χ4n) is 1.93. The van der Waals surface area contributed by atoms with Gasteiger partial charge in [-0.25, -0.2) is 0 Å². The monoisotopic (exact) mass is 249 g/mol. The maximum atomic E-state index is 5.57. The van der Waals surface area contributed by atoms with Crippen molar-refractivity contribution in [2.45, 2.75) is 33.6 Å². The van der Waals surface area contributed by atoms with Crippen LogP contribution in [0.15, 0.2) is 24.3 Å². The SMILES string of the molecule is CCNCCOCCc1ccc(CC(C)C)cc1. The highest BCUT2D eigenvalue weighted by atomic mass is 16.5. The third-order valence-electron chi connectivity index (χ3n) is 2.88. The molecule has 0 unspecified atom stereocenters. The molecule has 0 bridgehead atoms. The van der Waals surface area contributed by atoms with E-state index in [1.807, 2.05) is 0 Å². The van der Waals surface area contributed by atoms with E-state index in [0.717, 1.165) is 38.6 Å². The van der Waals surface area contributed by atoms with Gasteiger partial charge in [-0.05, 0) is 36.4 Å². The summed E-state index contributed by atoms with van der Waals surface area (Å²) < 4.78 is 5.57. The highest BCUT2D eigenvalue weighted by Crippen LogP contribution is 2.10. The van der Waals surface area contributed by atoms with Crippen molar-refractivity contribution in [3.05, 3.63) is 35.4 Å². The normalized spacial score (nSPS) is 11.1. The molecular weight excluding hydrogens is 222 g/mol. The van der Waals surface area contributed by atoms with Crippen molar-refractivity contribution >= 4 is 0 Å². The molecule has 18 heavy (non-hydrogen) atoms. The Labute approximate surface area is 112 Å². The first-order chi connectivity index (χ1) is 8.72. The number of nitrogens with one attached hydrogen (secondary N) is 1. The van der Waals surface area contributed by atoms with Gasteiger partial charge in [-0.3, -0.25) is 0 Å². The quantitative estimate of drug-likeness (QED) is 0.679. The van der Waals surface area contributed by atoms with Crippen LogP contribution in [-0.4, -0.2) is 26.3 Å². The van der Waals surface area contributed by atoms with Crippen LogP contribution in [0.25, 0.3) is 0 Å². The number of hydrogen-bond donors (Lipinski definition) is 1. The summed E-state index contributed by atoms with van der Waals surface area (Å²) in [6.45, 7) is 10.2. The van der Waals surface area contributed by atoms with Crippen LogP contribution in [0.5, 0.6) is 0 Å². The second kappa shape index (κ2) is 9.12. The highest BCUT2D eigenvalue weighted by molar-refractivity contribution is 5.22. The Hall–Kier alpha value is -0.860. The molecule has 0 fully saturated rings. The molecule has 0 saturated carbocycles. The van der Waals surface area contributed by atoms with Crippen LogP contribution in [0.2, 0.25) is 0 Å². The molecule has 0 aliphatic carbocycles. The van der Waals surface area contributed by atoms with E-state index in [0.29, 0.717) is 0 Å². The minimum Gasteiger partial charge on any atom is -0.380 e. The van der Waals surface area contributed by atoms with Gasteiger partial charge in [-0.2, -0.15) is 0 Å². The zero-order valence-electron chi connectivity index (χ0n) is 12.0. The Morgan fingerprint density at radius 1 is 1.06 bits per heavy atom. The van der Waals surface area contributed by atoms with Gasteiger partial charge in [0.05, 0.1) is 13.2 Å². The number of likely N-dealkylation sites (N-methyl/N-ethyl adjacent to an activating group) is 1. The molecule has 1 N–H and O–H groups in total. The number of ether oxygens (including phenoxy) is 1. The standard InChI is InChI=1S/C16H27NO/c1-4-17-10-12-18-11-9-15-5-7-16(8-6-15)13-14(2)3/h5-8,14,17H,4,9-13H2,1-3H3. The molecule has 0 radical (unpaired) electrons. The van der Waals surface area contributed by atoms with Crippen molar-refractivity contribution in [3.63, 3.8) is 0 Å². The van der Waals surface area contributed by atoms with Gasteiger partial charge >= 0.3 is 0 Å². The molecule has 2 nitrogen and oxygen atoms in total. The molecular formula is C16H27NO. The average molecular weight is 249 g/mol. The Morgan fingerprint density at radius 2 is 1.72 bits per heavy atom. The van der Waals surface area contributed by atoms with Crippen LogP contribution < -0.4 is 5.32 Å². The first kappa shape index (κ1) is 15.2. The van der Waals surface area contributed by atoms with Crippen LogP contribution in [-0.2, 0) is 17.6 Å². The Balaban J connectivity index is 2.18. The van der Waals surface area contributed by atoms with E-state index in [1.54, 1.807) is 0 Å². The molecule has 102 valence electrons. The van der Waals surface area contributed by atoms with E-state index < -0.39 is 0 Å². The maximum absolute atomic E-state index is 5.57. The minimum absolute atomic E-state index is 0.727. The van der Waals surface area contributed by atoms with Crippen molar-refractivity contribution in [1.29, 1.82) is 0 Å². The Bertz CT molecular complexity index is 305. The molecule has 1 rings (SSSR count). The number of rotatable bonds is 9. The highest BCUT2D eigenvalue weighted by Gasteiger charge is 1.98. The zero-order chi connectivity index (χ0) is 13.2. The second-order valence-electron chi connectivity index (χ2n) is 5.13. The zero-order valence-corrected chi connectivity index (χ0v) is 12.0. The predicted octanol–water partition coefficient (Wildman–Crippen LogP) is 3.05. The van der Waals surface area contributed by atoms with Crippen molar-refractivity contribution in [2.75, 3.05) is 26.3 Å². The first-order valence-corrected chi connectivity index (χ1v) is 7.08. The van der Waals surface area contributed by atoms with Crippen LogP contribution in [0.3, 0.4) is 0 Å². The third kappa shape index (κ3) is 6.77. The van der Waals surface area contributed by atoms with Crippen LogP contribution in [0.1, 0.15) is 31.9 Å². The van der Waals surface area contributed by atoms with Crippen LogP contribution in [0, 0.1) is 5.92 Å². The lowest BCUT2D eigenvalue weighted by Crippen LogP contribution is -2.19.